The van der Waals surface area contributed by atoms with Gasteiger partial charge in [-0.2, -0.15) is 26.3 Å². The van der Waals surface area contributed by atoms with Crippen molar-refractivity contribution in [2.75, 3.05) is 26.2 Å². The Kier molecular flexibility index (Phi) is 8.27. The Balaban J connectivity index is 1.72. The lowest BCUT2D eigenvalue weighted by Crippen LogP contribution is -2.49. The Labute approximate surface area is 178 Å². The van der Waals surface area contributed by atoms with Gasteiger partial charge in [0.15, 0.2) is 6.61 Å². The zero-order valence-corrected chi connectivity index (χ0v) is 16.7. The molecule has 2 rings (SSSR count). The summed E-state index contributed by atoms with van der Waals surface area (Å²) in [6.45, 7) is -0.214. The third-order valence-corrected chi connectivity index (χ3v) is 4.71. The molecule has 2 amide bonds. The van der Waals surface area contributed by atoms with Crippen LogP contribution in [0.2, 0.25) is 5.02 Å². The van der Waals surface area contributed by atoms with Crippen LogP contribution < -0.4 is 10.1 Å². The molecule has 1 aliphatic heterocycles. The van der Waals surface area contributed by atoms with Crippen LogP contribution in [-0.2, 0) is 9.53 Å². The topological polar surface area (TPSA) is 67.9 Å². The minimum atomic E-state index is -5.76. The van der Waals surface area contributed by atoms with Crippen molar-refractivity contribution in [3.8, 4) is 5.75 Å². The van der Waals surface area contributed by atoms with Crippen LogP contribution in [0.15, 0.2) is 24.3 Å². The van der Waals surface area contributed by atoms with E-state index in [4.69, 9.17) is 16.3 Å². The smallest absolute Gasteiger partial charge is 0.434 e. The summed E-state index contributed by atoms with van der Waals surface area (Å²) in [5.74, 6) is -0.0677. The van der Waals surface area contributed by atoms with Crippen molar-refractivity contribution in [1.29, 1.82) is 0 Å². The van der Waals surface area contributed by atoms with Crippen LogP contribution >= 0.6 is 11.6 Å². The van der Waals surface area contributed by atoms with Crippen molar-refractivity contribution in [2.45, 2.75) is 31.3 Å². The molecule has 1 N–H and O–H groups in total. The Morgan fingerprint density at radius 1 is 1.06 bits per heavy atom. The number of hydrogen-bond acceptors (Lipinski definition) is 4. The van der Waals surface area contributed by atoms with Gasteiger partial charge >= 0.3 is 18.4 Å². The second-order valence-electron chi connectivity index (χ2n) is 6.82. The van der Waals surface area contributed by atoms with Crippen LogP contribution in [0, 0.1) is 5.92 Å². The molecule has 13 heteroatoms. The molecule has 1 fully saturated rings. The summed E-state index contributed by atoms with van der Waals surface area (Å²) < 4.78 is 83.9. The van der Waals surface area contributed by atoms with E-state index >= 15 is 0 Å². The van der Waals surface area contributed by atoms with Gasteiger partial charge in [0.25, 0.3) is 12.0 Å². The van der Waals surface area contributed by atoms with E-state index in [1.807, 2.05) is 0 Å². The zero-order valence-electron chi connectivity index (χ0n) is 15.9. The molecule has 31 heavy (non-hydrogen) atoms. The number of nitrogens with zero attached hydrogens (tertiary/aromatic N) is 1. The van der Waals surface area contributed by atoms with Gasteiger partial charge in [-0.15, -0.1) is 0 Å². The maximum atomic E-state index is 12.5. The number of ether oxygens (including phenoxy) is 2. The molecule has 0 atom stereocenters. The lowest BCUT2D eigenvalue weighted by molar-refractivity contribution is -0.308. The molecule has 6 nitrogen and oxygen atoms in total. The fraction of sp³-hybridized carbons (Fsp3) is 0.556. The highest BCUT2D eigenvalue weighted by Gasteiger charge is 2.60. The lowest BCUT2D eigenvalue weighted by Gasteiger charge is -2.33. The fourth-order valence-corrected chi connectivity index (χ4v) is 2.93. The minimum Gasteiger partial charge on any atom is -0.484 e. The Morgan fingerprint density at radius 2 is 1.61 bits per heavy atom. The quantitative estimate of drug-likeness (QED) is 0.626. The van der Waals surface area contributed by atoms with Gasteiger partial charge < -0.3 is 19.7 Å². The number of alkyl halides is 6. The number of halogens is 7. The highest BCUT2D eigenvalue weighted by Crippen LogP contribution is 2.36. The first-order valence-electron chi connectivity index (χ1n) is 9.10. The van der Waals surface area contributed by atoms with Crippen molar-refractivity contribution in [3.63, 3.8) is 0 Å². The Hall–Kier alpha value is -2.37. The fourth-order valence-electron chi connectivity index (χ4n) is 2.80. The van der Waals surface area contributed by atoms with E-state index in [1.165, 1.54) is 0 Å². The number of likely N-dealkylation sites (tertiary alicyclic amines) is 1. The Morgan fingerprint density at radius 3 is 2.13 bits per heavy atom. The van der Waals surface area contributed by atoms with Crippen molar-refractivity contribution in [3.05, 3.63) is 29.3 Å². The van der Waals surface area contributed by atoms with Gasteiger partial charge in [-0.05, 0) is 43.0 Å². The molecule has 0 radical (unpaired) electrons. The van der Waals surface area contributed by atoms with Crippen LogP contribution in [0.25, 0.3) is 0 Å². The zero-order chi connectivity index (χ0) is 23.2. The number of nitrogens with one attached hydrogen (secondary N) is 1. The van der Waals surface area contributed by atoms with E-state index in [2.05, 4.69) is 10.1 Å². The summed E-state index contributed by atoms with van der Waals surface area (Å²) in [6, 6.07) is 6.37. The second kappa shape index (κ2) is 10.3. The van der Waals surface area contributed by atoms with Crippen LogP contribution in [0.1, 0.15) is 12.8 Å². The average Bonchev–Trinajstić information content (AvgIpc) is 2.68. The van der Waals surface area contributed by atoms with E-state index in [1.54, 1.807) is 24.3 Å². The number of carbonyl (C=O) groups excluding carboxylic acids is 2. The summed E-state index contributed by atoms with van der Waals surface area (Å²) in [6.07, 6.45) is -16.8. The van der Waals surface area contributed by atoms with Crippen LogP contribution in [0.3, 0.4) is 0 Å². The van der Waals surface area contributed by atoms with E-state index in [-0.39, 0.29) is 45.0 Å². The van der Waals surface area contributed by atoms with E-state index in [9.17, 15) is 35.9 Å². The number of carbonyl (C=O) groups is 2. The van der Waals surface area contributed by atoms with Crippen molar-refractivity contribution in [2.24, 2.45) is 5.92 Å². The highest BCUT2D eigenvalue weighted by molar-refractivity contribution is 6.30. The molecule has 0 aromatic heterocycles. The largest absolute Gasteiger partial charge is 0.484 e. The summed E-state index contributed by atoms with van der Waals surface area (Å²) in [4.78, 5) is 24.4. The predicted molar refractivity (Wildman–Crippen MR) is 96.6 cm³/mol. The maximum absolute atomic E-state index is 12.5. The lowest BCUT2D eigenvalue weighted by atomic mass is 9.97. The monoisotopic (exact) mass is 476 g/mol. The van der Waals surface area contributed by atoms with Gasteiger partial charge in [0.05, 0.1) is 0 Å². The number of benzene rings is 1. The van der Waals surface area contributed by atoms with Gasteiger partial charge in [0, 0.05) is 24.7 Å². The molecular weight excluding hydrogens is 458 g/mol. The van der Waals surface area contributed by atoms with Crippen LogP contribution in [-0.4, -0.2) is 61.6 Å². The summed E-state index contributed by atoms with van der Waals surface area (Å²) in [5.41, 5.74) is 0. The molecule has 1 aromatic rings. The first kappa shape index (κ1) is 24.9. The third kappa shape index (κ3) is 8.00. The highest BCUT2D eigenvalue weighted by atomic mass is 35.5. The van der Waals surface area contributed by atoms with Gasteiger partial charge in [-0.1, -0.05) is 11.6 Å². The molecular formula is C18H19ClF6N2O4. The Bertz CT molecular complexity index is 735. The first-order chi connectivity index (χ1) is 14.4. The molecule has 1 heterocycles. The van der Waals surface area contributed by atoms with Gasteiger partial charge in [-0.3, -0.25) is 4.79 Å². The van der Waals surface area contributed by atoms with E-state index < -0.39 is 30.5 Å². The number of rotatable bonds is 6. The first-order valence-corrected chi connectivity index (χ1v) is 9.48. The second-order valence-corrected chi connectivity index (χ2v) is 7.26. The summed E-state index contributed by atoms with van der Waals surface area (Å²) in [7, 11) is 0. The standard InChI is InChI=1S/C18H19ClF6N2O4/c19-12-1-3-13(4-2-12)30-10-14(28)26-9-11-5-7-27(8-6-11)16(29)31-15(17(20,21)22)18(23,24)25/h1-4,11,15H,5-10H2,(H,26,28). The predicted octanol–water partition coefficient (Wildman–Crippen LogP) is 4.18. The van der Waals surface area contributed by atoms with Gasteiger partial charge in [-0.25, -0.2) is 4.79 Å². The third-order valence-electron chi connectivity index (χ3n) is 4.46. The number of hydrogen-bond donors (Lipinski definition) is 1. The van der Waals surface area contributed by atoms with Gasteiger partial charge in [0.1, 0.15) is 5.75 Å². The number of piperidine rings is 1. The average molecular weight is 477 g/mol. The van der Waals surface area contributed by atoms with Crippen LogP contribution in [0.5, 0.6) is 5.75 Å². The number of amides is 2. The van der Waals surface area contributed by atoms with Gasteiger partial charge in [0.2, 0.25) is 0 Å². The van der Waals surface area contributed by atoms with E-state index in [0.29, 0.717) is 10.8 Å². The van der Waals surface area contributed by atoms with Crippen molar-refractivity contribution >= 4 is 23.6 Å². The van der Waals surface area contributed by atoms with Crippen molar-refractivity contribution in [1.82, 2.24) is 10.2 Å². The molecule has 0 unspecified atom stereocenters. The van der Waals surface area contributed by atoms with Crippen LogP contribution in [0.4, 0.5) is 31.1 Å². The molecule has 174 valence electrons. The molecule has 1 aromatic carbocycles. The SMILES string of the molecule is O=C(COc1ccc(Cl)cc1)NCC1CCN(C(=O)OC(C(F)(F)F)C(F)(F)F)CC1. The maximum Gasteiger partial charge on any atom is 0.434 e. The molecule has 0 bridgehead atoms. The molecule has 0 saturated carbocycles. The summed E-state index contributed by atoms with van der Waals surface area (Å²) in [5, 5.41) is 3.14. The normalized spacial score (nSPS) is 15.7. The minimum absolute atomic E-state index is 0.0942. The molecule has 0 aliphatic carbocycles. The molecule has 0 spiro atoms. The molecule has 1 saturated heterocycles. The summed E-state index contributed by atoms with van der Waals surface area (Å²) >= 11 is 5.74. The van der Waals surface area contributed by atoms with Crippen molar-refractivity contribution < 1.29 is 45.4 Å². The van der Waals surface area contributed by atoms with E-state index in [0.717, 1.165) is 4.90 Å². The molecule has 1 aliphatic rings.